The Morgan fingerprint density at radius 3 is 2.66 bits per heavy atom. The molecule has 0 aliphatic rings. The van der Waals surface area contributed by atoms with Gasteiger partial charge in [0.1, 0.15) is 6.04 Å². The summed E-state index contributed by atoms with van der Waals surface area (Å²) in [5, 5.41) is 8.64. The van der Waals surface area contributed by atoms with Gasteiger partial charge in [0.15, 0.2) is 18.1 Å². The number of carbonyl (C=O) groups excluding carboxylic acids is 3. The highest BCUT2D eigenvalue weighted by molar-refractivity contribution is 9.10. The van der Waals surface area contributed by atoms with E-state index < -0.39 is 17.9 Å². The lowest BCUT2D eigenvalue weighted by Gasteiger charge is -2.20. The van der Waals surface area contributed by atoms with E-state index in [-0.39, 0.29) is 24.9 Å². The number of nitrogens with one attached hydrogen (secondary N) is 2. The van der Waals surface area contributed by atoms with E-state index in [1.54, 1.807) is 12.1 Å². The van der Waals surface area contributed by atoms with Crippen LogP contribution in [0, 0.1) is 5.92 Å². The third-order valence-corrected chi connectivity index (χ3v) is 5.64. The number of halogens is 1. The second kappa shape index (κ2) is 12.2. The van der Waals surface area contributed by atoms with Crippen molar-refractivity contribution in [2.75, 3.05) is 13.7 Å². The number of benzene rings is 1. The first-order valence-corrected chi connectivity index (χ1v) is 11.3. The lowest BCUT2D eigenvalue weighted by Crippen LogP contribution is -2.49. The number of primary amides is 1. The standard InChI is InChI=1S/C21H25BrN4O5S/c1-12(2)19(25-18(28)9-14-5-4-6-32-14)21(29)26-24-10-13-7-15(22)20(16(8-13)30-3)31-11-17(23)27/h4-8,10,12,19H,9,11H2,1-3H3,(H2,23,27)(H,25,28)(H,26,29)/b24-10-/t19-/m1/s1. The largest absolute Gasteiger partial charge is 0.493 e. The number of hydrogen-bond donors (Lipinski definition) is 3. The minimum absolute atomic E-state index is 0.131. The quantitative estimate of drug-likeness (QED) is 0.306. The maximum absolute atomic E-state index is 12.6. The zero-order chi connectivity index (χ0) is 23.7. The molecule has 0 bridgehead atoms. The summed E-state index contributed by atoms with van der Waals surface area (Å²) >= 11 is 4.84. The number of thiophene rings is 1. The van der Waals surface area contributed by atoms with Crippen molar-refractivity contribution >= 4 is 51.2 Å². The first-order valence-electron chi connectivity index (χ1n) is 9.64. The summed E-state index contributed by atoms with van der Waals surface area (Å²) in [5.74, 6) is -0.730. The number of carbonyl (C=O) groups is 3. The molecule has 1 aromatic carbocycles. The number of nitrogens with two attached hydrogens (primary N) is 1. The molecule has 2 aromatic rings. The van der Waals surface area contributed by atoms with Crippen LogP contribution < -0.4 is 25.9 Å². The van der Waals surface area contributed by atoms with Crippen LogP contribution in [0.15, 0.2) is 39.2 Å². The molecule has 9 nitrogen and oxygen atoms in total. The SMILES string of the molecule is COc1cc(/C=N\NC(=O)[C@H](NC(=O)Cc2cccs2)C(C)C)cc(Br)c1OCC(N)=O. The monoisotopic (exact) mass is 524 g/mol. The molecule has 0 radical (unpaired) electrons. The van der Waals surface area contributed by atoms with Crippen LogP contribution in [-0.4, -0.2) is 43.7 Å². The van der Waals surface area contributed by atoms with Crippen molar-refractivity contribution in [2.24, 2.45) is 16.8 Å². The predicted octanol–water partition coefficient (Wildman–Crippen LogP) is 2.22. The molecule has 4 N–H and O–H groups in total. The van der Waals surface area contributed by atoms with Gasteiger partial charge in [0.05, 0.1) is 24.2 Å². The van der Waals surface area contributed by atoms with E-state index >= 15 is 0 Å². The topological polar surface area (TPSA) is 132 Å². The minimum Gasteiger partial charge on any atom is -0.493 e. The van der Waals surface area contributed by atoms with E-state index in [9.17, 15) is 14.4 Å². The highest BCUT2D eigenvalue weighted by Crippen LogP contribution is 2.36. The summed E-state index contributed by atoms with van der Waals surface area (Å²) in [4.78, 5) is 36.7. The highest BCUT2D eigenvalue weighted by Gasteiger charge is 2.24. The summed E-state index contributed by atoms with van der Waals surface area (Å²) in [5.41, 5.74) is 8.17. The molecule has 0 unspecified atom stereocenters. The smallest absolute Gasteiger partial charge is 0.262 e. The lowest BCUT2D eigenvalue weighted by molar-refractivity contribution is -0.129. The Kier molecular flexibility index (Phi) is 9.66. The molecule has 1 atom stereocenters. The molecule has 2 rings (SSSR count). The maximum Gasteiger partial charge on any atom is 0.262 e. The Morgan fingerprint density at radius 1 is 1.31 bits per heavy atom. The number of hydrogen-bond acceptors (Lipinski definition) is 7. The fourth-order valence-electron chi connectivity index (χ4n) is 2.67. The summed E-state index contributed by atoms with van der Waals surface area (Å²) < 4.78 is 11.2. The zero-order valence-electron chi connectivity index (χ0n) is 17.9. The minimum atomic E-state index is -0.731. The summed E-state index contributed by atoms with van der Waals surface area (Å²) in [6.07, 6.45) is 1.64. The van der Waals surface area contributed by atoms with Gasteiger partial charge in [0.2, 0.25) is 5.91 Å². The Morgan fingerprint density at radius 2 is 2.06 bits per heavy atom. The van der Waals surface area contributed by atoms with Gasteiger partial charge in [0, 0.05) is 4.88 Å². The second-order valence-corrected chi connectivity index (χ2v) is 8.96. The first kappa shape index (κ1) is 25.3. The molecule has 32 heavy (non-hydrogen) atoms. The normalized spacial score (nSPS) is 11.9. The summed E-state index contributed by atoms with van der Waals surface area (Å²) in [6.45, 7) is 3.38. The molecule has 0 aliphatic heterocycles. The fourth-order valence-corrected chi connectivity index (χ4v) is 3.95. The number of rotatable bonds is 11. The van der Waals surface area contributed by atoms with Crippen LogP contribution in [0.4, 0.5) is 0 Å². The Labute approximate surface area is 198 Å². The molecule has 1 heterocycles. The van der Waals surface area contributed by atoms with Gasteiger partial charge >= 0.3 is 0 Å². The molecule has 172 valence electrons. The van der Waals surface area contributed by atoms with Gasteiger partial charge < -0.3 is 20.5 Å². The van der Waals surface area contributed by atoms with Crippen molar-refractivity contribution in [3.05, 3.63) is 44.6 Å². The Bertz CT molecular complexity index is 979. The van der Waals surface area contributed by atoms with Crippen molar-refractivity contribution < 1.29 is 23.9 Å². The van der Waals surface area contributed by atoms with Crippen molar-refractivity contribution in [3.8, 4) is 11.5 Å². The number of nitrogens with zero attached hydrogens (tertiary/aromatic N) is 1. The van der Waals surface area contributed by atoms with Gasteiger partial charge in [-0.1, -0.05) is 19.9 Å². The third kappa shape index (κ3) is 7.65. The Balaban J connectivity index is 2.02. The van der Waals surface area contributed by atoms with Gasteiger partial charge in [-0.15, -0.1) is 11.3 Å². The Hall–Kier alpha value is -2.92. The zero-order valence-corrected chi connectivity index (χ0v) is 20.3. The van der Waals surface area contributed by atoms with Crippen LogP contribution in [0.5, 0.6) is 11.5 Å². The molecule has 3 amide bonds. The number of methoxy groups -OCH3 is 1. The number of amides is 3. The van der Waals surface area contributed by atoms with Gasteiger partial charge in [-0.05, 0) is 51.0 Å². The molecule has 1 aromatic heterocycles. The van der Waals surface area contributed by atoms with Gasteiger partial charge in [-0.2, -0.15) is 5.10 Å². The van der Waals surface area contributed by atoms with Crippen molar-refractivity contribution in [1.82, 2.24) is 10.7 Å². The number of hydrazone groups is 1. The average Bonchev–Trinajstić information content (AvgIpc) is 3.23. The van der Waals surface area contributed by atoms with Crippen LogP contribution in [-0.2, 0) is 20.8 Å². The van der Waals surface area contributed by atoms with Crippen molar-refractivity contribution in [1.29, 1.82) is 0 Å². The van der Waals surface area contributed by atoms with Crippen LogP contribution in [0.25, 0.3) is 0 Å². The van der Waals surface area contributed by atoms with Gasteiger partial charge in [-0.25, -0.2) is 5.43 Å². The molecule has 0 spiro atoms. The van der Waals surface area contributed by atoms with E-state index in [0.717, 1.165) is 4.88 Å². The van der Waals surface area contributed by atoms with Crippen molar-refractivity contribution in [2.45, 2.75) is 26.3 Å². The van der Waals surface area contributed by atoms with E-state index in [1.165, 1.54) is 24.7 Å². The molecule has 0 saturated heterocycles. The van der Waals surface area contributed by atoms with Crippen LogP contribution in [0.3, 0.4) is 0 Å². The van der Waals surface area contributed by atoms with Gasteiger partial charge in [-0.3, -0.25) is 14.4 Å². The number of ether oxygens (including phenoxy) is 2. The van der Waals surface area contributed by atoms with Crippen LogP contribution in [0.2, 0.25) is 0 Å². The van der Waals surface area contributed by atoms with Crippen LogP contribution in [0.1, 0.15) is 24.3 Å². The molecule has 0 fully saturated rings. The molecule has 11 heteroatoms. The van der Waals surface area contributed by atoms with Crippen molar-refractivity contribution in [3.63, 3.8) is 0 Å². The van der Waals surface area contributed by atoms with E-state index in [2.05, 4.69) is 31.8 Å². The molecular formula is C21H25BrN4O5S. The summed E-state index contributed by atoms with van der Waals surface area (Å²) in [6, 6.07) is 6.32. The third-order valence-electron chi connectivity index (χ3n) is 4.18. The average molecular weight is 525 g/mol. The molecule has 0 saturated carbocycles. The lowest BCUT2D eigenvalue weighted by atomic mass is 10.0. The first-order chi connectivity index (χ1) is 15.2. The predicted molar refractivity (Wildman–Crippen MR) is 126 cm³/mol. The van der Waals surface area contributed by atoms with Gasteiger partial charge in [0.25, 0.3) is 11.8 Å². The van der Waals surface area contributed by atoms with E-state index in [1.807, 2.05) is 31.4 Å². The van der Waals surface area contributed by atoms with Crippen LogP contribution >= 0.6 is 27.3 Å². The molecular weight excluding hydrogens is 500 g/mol. The second-order valence-electron chi connectivity index (χ2n) is 7.07. The highest BCUT2D eigenvalue weighted by atomic mass is 79.9. The molecule has 0 aliphatic carbocycles. The fraction of sp³-hybridized carbons (Fsp3) is 0.333. The summed E-state index contributed by atoms with van der Waals surface area (Å²) in [7, 11) is 1.45. The van der Waals surface area contributed by atoms with E-state index in [4.69, 9.17) is 15.2 Å². The maximum atomic E-state index is 12.6. The van der Waals surface area contributed by atoms with E-state index in [0.29, 0.717) is 21.5 Å².